The molecule has 1 saturated carbocycles. The minimum atomic E-state index is -0.851. The van der Waals surface area contributed by atoms with E-state index in [0.29, 0.717) is 12.3 Å². The van der Waals surface area contributed by atoms with Crippen LogP contribution in [0, 0.1) is 5.92 Å². The molecule has 0 heterocycles. The summed E-state index contributed by atoms with van der Waals surface area (Å²) in [6, 6.07) is -0.148. The molecule has 1 atom stereocenters. The Morgan fingerprint density at radius 3 is 2.73 bits per heavy atom. The van der Waals surface area contributed by atoms with E-state index in [1.165, 1.54) is 0 Å². The third-order valence-electron chi connectivity index (χ3n) is 1.87. The fourth-order valence-electron chi connectivity index (χ4n) is 1.14. The maximum atomic E-state index is 10.3. The van der Waals surface area contributed by atoms with Gasteiger partial charge in [0.05, 0.1) is 6.42 Å². The van der Waals surface area contributed by atoms with Gasteiger partial charge in [-0.2, -0.15) is 0 Å². The van der Waals surface area contributed by atoms with Crippen LogP contribution >= 0.6 is 0 Å². The van der Waals surface area contributed by atoms with E-state index in [-0.39, 0.29) is 12.5 Å². The maximum absolute atomic E-state index is 10.3. The molecule has 1 unspecified atom stereocenters. The topological polar surface area (TPSA) is 66.4 Å². The van der Waals surface area contributed by atoms with Crippen LogP contribution in [0.15, 0.2) is 0 Å². The van der Waals surface area contributed by atoms with Crippen LogP contribution < -0.4 is 5.32 Å². The molecule has 0 aromatic heterocycles. The van der Waals surface area contributed by atoms with Gasteiger partial charge in [-0.25, -0.2) is 0 Å². The zero-order valence-corrected chi connectivity index (χ0v) is 6.12. The van der Waals surface area contributed by atoms with E-state index in [2.05, 4.69) is 5.32 Å². The first-order valence-corrected chi connectivity index (χ1v) is 3.65. The van der Waals surface area contributed by atoms with E-state index < -0.39 is 5.97 Å². The number of carbonyl (C=O) groups is 2. The number of rotatable bonds is 5. The fraction of sp³-hybridized carbons (Fsp3) is 0.714. The van der Waals surface area contributed by atoms with Gasteiger partial charge in [0.25, 0.3) is 0 Å². The first-order chi connectivity index (χ1) is 5.24. The molecule has 0 bridgehead atoms. The highest BCUT2D eigenvalue weighted by molar-refractivity contribution is 5.68. The highest BCUT2D eigenvalue weighted by Gasteiger charge is 2.32. The van der Waals surface area contributed by atoms with E-state index in [9.17, 15) is 9.59 Å². The highest BCUT2D eigenvalue weighted by atomic mass is 16.4. The Balaban J connectivity index is 2.31. The summed E-state index contributed by atoms with van der Waals surface area (Å²) < 4.78 is 0. The Kier molecular flexibility index (Phi) is 2.46. The number of hydrogen-bond donors (Lipinski definition) is 2. The van der Waals surface area contributed by atoms with Crippen molar-refractivity contribution >= 4 is 12.4 Å². The van der Waals surface area contributed by atoms with Gasteiger partial charge in [0, 0.05) is 6.04 Å². The molecule has 1 aliphatic rings. The number of carboxylic acids is 1. The van der Waals surface area contributed by atoms with E-state index in [1.54, 1.807) is 0 Å². The van der Waals surface area contributed by atoms with Gasteiger partial charge in [0.1, 0.15) is 0 Å². The van der Waals surface area contributed by atoms with Crippen molar-refractivity contribution in [2.75, 3.05) is 0 Å². The first-order valence-electron chi connectivity index (χ1n) is 3.65. The molecule has 1 amide bonds. The van der Waals surface area contributed by atoms with Crippen molar-refractivity contribution < 1.29 is 14.7 Å². The monoisotopic (exact) mass is 157 g/mol. The van der Waals surface area contributed by atoms with Crippen molar-refractivity contribution in [1.29, 1.82) is 0 Å². The fourth-order valence-corrected chi connectivity index (χ4v) is 1.14. The van der Waals surface area contributed by atoms with Crippen molar-refractivity contribution in [3.63, 3.8) is 0 Å². The Bertz CT molecular complexity index is 165. The number of amides is 1. The summed E-state index contributed by atoms with van der Waals surface area (Å²) >= 11 is 0. The zero-order chi connectivity index (χ0) is 8.27. The van der Waals surface area contributed by atoms with Crippen molar-refractivity contribution in [3.8, 4) is 0 Å². The lowest BCUT2D eigenvalue weighted by Gasteiger charge is -2.11. The molecular formula is C7H11NO3. The van der Waals surface area contributed by atoms with E-state index in [4.69, 9.17) is 5.11 Å². The minimum Gasteiger partial charge on any atom is -0.481 e. The lowest BCUT2D eigenvalue weighted by Crippen LogP contribution is -2.32. The Hall–Kier alpha value is -1.06. The highest BCUT2D eigenvalue weighted by Crippen LogP contribution is 2.33. The Morgan fingerprint density at radius 1 is 1.73 bits per heavy atom. The van der Waals surface area contributed by atoms with Crippen molar-refractivity contribution in [2.45, 2.75) is 25.3 Å². The molecule has 4 nitrogen and oxygen atoms in total. The standard InChI is InChI=1S/C7H11NO3/c9-4-8-6(3-7(10)11)5-1-2-5/h4-6H,1-3H2,(H,8,9)(H,10,11). The van der Waals surface area contributed by atoms with Gasteiger partial charge in [0.15, 0.2) is 0 Å². The third kappa shape index (κ3) is 2.57. The molecule has 1 aliphatic carbocycles. The molecule has 0 aromatic rings. The molecular weight excluding hydrogens is 146 g/mol. The Morgan fingerprint density at radius 2 is 2.36 bits per heavy atom. The number of carboxylic acid groups (broad SMARTS) is 1. The summed E-state index contributed by atoms with van der Waals surface area (Å²) in [4.78, 5) is 20.3. The van der Waals surface area contributed by atoms with Gasteiger partial charge < -0.3 is 10.4 Å². The molecule has 11 heavy (non-hydrogen) atoms. The van der Waals surface area contributed by atoms with Crippen LogP contribution in [0.4, 0.5) is 0 Å². The number of aliphatic carboxylic acids is 1. The lowest BCUT2D eigenvalue weighted by atomic mass is 10.1. The van der Waals surface area contributed by atoms with Gasteiger partial charge in [-0.1, -0.05) is 0 Å². The van der Waals surface area contributed by atoms with E-state index in [0.717, 1.165) is 12.8 Å². The Labute approximate surface area is 64.6 Å². The third-order valence-corrected chi connectivity index (χ3v) is 1.87. The van der Waals surface area contributed by atoms with Crippen LogP contribution in [-0.4, -0.2) is 23.5 Å². The molecule has 1 fully saturated rings. The summed E-state index contributed by atoms with van der Waals surface area (Å²) in [6.07, 6.45) is 2.70. The average molecular weight is 157 g/mol. The molecule has 0 aliphatic heterocycles. The van der Waals surface area contributed by atoms with Crippen molar-refractivity contribution in [1.82, 2.24) is 5.32 Å². The van der Waals surface area contributed by atoms with Gasteiger partial charge >= 0.3 is 5.97 Å². The van der Waals surface area contributed by atoms with Gasteiger partial charge in [-0.3, -0.25) is 9.59 Å². The minimum absolute atomic E-state index is 0.0450. The molecule has 0 aromatic carbocycles. The zero-order valence-electron chi connectivity index (χ0n) is 6.12. The first kappa shape index (κ1) is 8.04. The van der Waals surface area contributed by atoms with E-state index in [1.807, 2.05) is 0 Å². The van der Waals surface area contributed by atoms with Crippen LogP contribution in [0.5, 0.6) is 0 Å². The predicted molar refractivity (Wildman–Crippen MR) is 38.0 cm³/mol. The van der Waals surface area contributed by atoms with Crippen LogP contribution in [0.25, 0.3) is 0 Å². The number of nitrogens with one attached hydrogen (secondary N) is 1. The number of carbonyl (C=O) groups excluding carboxylic acids is 1. The smallest absolute Gasteiger partial charge is 0.305 e. The summed E-state index contributed by atoms with van der Waals surface area (Å²) in [5.41, 5.74) is 0. The van der Waals surface area contributed by atoms with E-state index >= 15 is 0 Å². The second-order valence-electron chi connectivity index (χ2n) is 2.83. The second kappa shape index (κ2) is 3.37. The van der Waals surface area contributed by atoms with Gasteiger partial charge in [0.2, 0.25) is 6.41 Å². The molecule has 2 N–H and O–H groups in total. The SMILES string of the molecule is O=CNC(CC(=O)O)C1CC1. The molecule has 1 rings (SSSR count). The van der Waals surface area contributed by atoms with Gasteiger partial charge in [-0.15, -0.1) is 0 Å². The van der Waals surface area contributed by atoms with Gasteiger partial charge in [-0.05, 0) is 18.8 Å². The summed E-state index contributed by atoms with van der Waals surface area (Å²) in [5.74, 6) is -0.451. The molecule has 62 valence electrons. The van der Waals surface area contributed by atoms with Crippen LogP contribution in [0.2, 0.25) is 0 Å². The average Bonchev–Trinajstić information content (AvgIpc) is 2.66. The van der Waals surface area contributed by atoms with Crippen molar-refractivity contribution in [3.05, 3.63) is 0 Å². The second-order valence-corrected chi connectivity index (χ2v) is 2.83. The largest absolute Gasteiger partial charge is 0.481 e. The van der Waals surface area contributed by atoms with Crippen LogP contribution in [0.3, 0.4) is 0 Å². The normalized spacial score (nSPS) is 18.9. The summed E-state index contributed by atoms with van der Waals surface area (Å²) in [7, 11) is 0. The number of hydrogen-bond acceptors (Lipinski definition) is 2. The maximum Gasteiger partial charge on any atom is 0.305 e. The molecule has 4 heteroatoms. The molecule has 0 spiro atoms. The van der Waals surface area contributed by atoms with Crippen LogP contribution in [-0.2, 0) is 9.59 Å². The quantitative estimate of drug-likeness (QED) is 0.551. The predicted octanol–water partition coefficient (Wildman–Crippen LogP) is -0.0143. The van der Waals surface area contributed by atoms with Crippen LogP contribution in [0.1, 0.15) is 19.3 Å². The molecule has 0 radical (unpaired) electrons. The lowest BCUT2D eigenvalue weighted by molar-refractivity contribution is -0.137. The summed E-state index contributed by atoms with van der Waals surface area (Å²) in [6.45, 7) is 0. The molecule has 0 saturated heterocycles. The van der Waals surface area contributed by atoms with Crippen molar-refractivity contribution in [2.24, 2.45) is 5.92 Å². The summed E-state index contributed by atoms with van der Waals surface area (Å²) in [5, 5.41) is 10.9.